The molecule has 18 heavy (non-hydrogen) atoms. The third-order valence-electron chi connectivity index (χ3n) is 4.11. The van der Waals surface area contributed by atoms with Crippen molar-refractivity contribution in [3.63, 3.8) is 0 Å². The van der Waals surface area contributed by atoms with Crippen LogP contribution in [0, 0.1) is 5.92 Å². The van der Waals surface area contributed by atoms with Gasteiger partial charge in [0, 0.05) is 19.6 Å². The van der Waals surface area contributed by atoms with Crippen molar-refractivity contribution in [2.45, 2.75) is 44.7 Å². The average molecular weight is 253 g/mol. The van der Waals surface area contributed by atoms with Crippen LogP contribution in [0.3, 0.4) is 0 Å². The quantitative estimate of drug-likeness (QED) is 0.734. The molecule has 2 N–H and O–H groups in total. The highest BCUT2D eigenvalue weighted by molar-refractivity contribution is 5.86. The summed E-state index contributed by atoms with van der Waals surface area (Å²) >= 11 is 0. The molecule has 5 heteroatoms. The van der Waals surface area contributed by atoms with Gasteiger partial charge in [0.15, 0.2) is 0 Å². The topological polar surface area (TPSA) is 61.4 Å². The Morgan fingerprint density at radius 3 is 2.78 bits per heavy atom. The number of nitrogens with zero attached hydrogens (tertiary/aromatic N) is 1. The van der Waals surface area contributed by atoms with Gasteiger partial charge in [-0.2, -0.15) is 0 Å². The Morgan fingerprint density at radius 1 is 1.39 bits per heavy atom. The van der Waals surface area contributed by atoms with Crippen LogP contribution in [0.15, 0.2) is 0 Å². The summed E-state index contributed by atoms with van der Waals surface area (Å²) in [6.07, 6.45) is 4.68. The van der Waals surface area contributed by atoms with Crippen molar-refractivity contribution in [2.75, 3.05) is 20.1 Å². The molecule has 1 aliphatic carbocycles. The summed E-state index contributed by atoms with van der Waals surface area (Å²) in [5, 5.41) is 5.73. The number of piperazine rings is 1. The zero-order valence-corrected chi connectivity index (χ0v) is 11.2. The van der Waals surface area contributed by atoms with Gasteiger partial charge in [0.25, 0.3) is 0 Å². The van der Waals surface area contributed by atoms with Gasteiger partial charge in [-0.25, -0.2) is 0 Å². The van der Waals surface area contributed by atoms with E-state index in [0.717, 1.165) is 12.8 Å². The molecule has 3 unspecified atom stereocenters. The Kier molecular flexibility index (Phi) is 4.22. The molecule has 1 saturated carbocycles. The minimum absolute atomic E-state index is 0.0343. The fourth-order valence-corrected chi connectivity index (χ4v) is 2.92. The second kappa shape index (κ2) is 5.69. The summed E-state index contributed by atoms with van der Waals surface area (Å²) in [7, 11) is 1.89. The van der Waals surface area contributed by atoms with E-state index in [9.17, 15) is 9.59 Å². The van der Waals surface area contributed by atoms with Crippen LogP contribution in [0.1, 0.15) is 32.6 Å². The number of carbonyl (C=O) groups excluding carboxylic acids is 2. The van der Waals surface area contributed by atoms with Crippen molar-refractivity contribution in [3.05, 3.63) is 0 Å². The Balaban J connectivity index is 1.89. The van der Waals surface area contributed by atoms with Gasteiger partial charge >= 0.3 is 0 Å². The molecule has 102 valence electrons. The first kappa shape index (κ1) is 13.3. The van der Waals surface area contributed by atoms with Gasteiger partial charge in [-0.3, -0.25) is 14.9 Å². The van der Waals surface area contributed by atoms with Crippen molar-refractivity contribution in [1.29, 1.82) is 0 Å². The van der Waals surface area contributed by atoms with Crippen LogP contribution >= 0.6 is 0 Å². The van der Waals surface area contributed by atoms with Crippen molar-refractivity contribution in [1.82, 2.24) is 15.5 Å². The summed E-state index contributed by atoms with van der Waals surface area (Å²) in [6, 6.07) is 0.102. The number of likely N-dealkylation sites (N-methyl/N-ethyl adjacent to an activating group) is 1. The second-order valence-electron chi connectivity index (χ2n) is 5.61. The van der Waals surface area contributed by atoms with Gasteiger partial charge in [0.05, 0.1) is 6.54 Å². The molecule has 0 aromatic rings. The zero-order valence-electron chi connectivity index (χ0n) is 11.2. The maximum absolute atomic E-state index is 12.3. The second-order valence-corrected chi connectivity index (χ2v) is 5.61. The Bertz CT molecular complexity index is 322. The van der Waals surface area contributed by atoms with Crippen LogP contribution in [0.2, 0.25) is 0 Å². The van der Waals surface area contributed by atoms with E-state index in [4.69, 9.17) is 0 Å². The number of nitrogens with one attached hydrogen (secondary N) is 2. The molecule has 1 heterocycles. The van der Waals surface area contributed by atoms with E-state index in [2.05, 4.69) is 17.6 Å². The molecular formula is C13H23N3O2. The van der Waals surface area contributed by atoms with Gasteiger partial charge in [0.1, 0.15) is 6.04 Å². The molecule has 0 aromatic carbocycles. The SMILES string of the molecule is CC1CCCC(N(C)C(=O)C2CNC(=O)CN2)C1. The first-order chi connectivity index (χ1) is 8.58. The molecule has 0 radical (unpaired) electrons. The fourth-order valence-electron chi connectivity index (χ4n) is 2.92. The van der Waals surface area contributed by atoms with Crippen molar-refractivity contribution in [3.8, 4) is 0 Å². The summed E-state index contributed by atoms with van der Waals surface area (Å²) in [4.78, 5) is 25.2. The van der Waals surface area contributed by atoms with Crippen molar-refractivity contribution in [2.24, 2.45) is 5.92 Å². The lowest BCUT2D eigenvalue weighted by molar-refractivity contribution is -0.136. The molecule has 2 rings (SSSR count). The summed E-state index contributed by atoms with van der Waals surface area (Å²) in [5.74, 6) is 0.778. The largest absolute Gasteiger partial charge is 0.353 e. The van der Waals surface area contributed by atoms with E-state index in [1.54, 1.807) is 0 Å². The van der Waals surface area contributed by atoms with Gasteiger partial charge in [-0.1, -0.05) is 19.8 Å². The molecular weight excluding hydrogens is 230 g/mol. The lowest BCUT2D eigenvalue weighted by atomic mass is 9.86. The number of rotatable bonds is 2. The smallest absolute Gasteiger partial charge is 0.241 e. The third-order valence-corrected chi connectivity index (χ3v) is 4.11. The van der Waals surface area contributed by atoms with Gasteiger partial charge in [0.2, 0.25) is 11.8 Å². The lowest BCUT2D eigenvalue weighted by Gasteiger charge is -2.36. The minimum Gasteiger partial charge on any atom is -0.353 e. The van der Waals surface area contributed by atoms with Crippen LogP contribution in [0.5, 0.6) is 0 Å². The Hall–Kier alpha value is -1.10. The maximum Gasteiger partial charge on any atom is 0.241 e. The monoisotopic (exact) mass is 253 g/mol. The molecule has 2 amide bonds. The van der Waals surface area contributed by atoms with Gasteiger partial charge < -0.3 is 10.2 Å². The van der Waals surface area contributed by atoms with Crippen molar-refractivity contribution >= 4 is 11.8 Å². The number of hydrogen-bond acceptors (Lipinski definition) is 3. The fraction of sp³-hybridized carbons (Fsp3) is 0.846. The molecule has 2 fully saturated rings. The average Bonchev–Trinajstić information content (AvgIpc) is 2.38. The van der Waals surface area contributed by atoms with Crippen LogP contribution in [-0.2, 0) is 9.59 Å². The summed E-state index contributed by atoms with van der Waals surface area (Å²) in [6.45, 7) is 2.90. The van der Waals surface area contributed by atoms with Gasteiger partial charge in [-0.05, 0) is 18.8 Å². The molecule has 0 bridgehead atoms. The number of amides is 2. The lowest BCUT2D eigenvalue weighted by Crippen LogP contribution is -2.59. The number of hydrogen-bond donors (Lipinski definition) is 2. The molecule has 5 nitrogen and oxygen atoms in total. The zero-order chi connectivity index (χ0) is 13.1. The first-order valence-corrected chi connectivity index (χ1v) is 6.84. The standard InChI is InChI=1S/C13H23N3O2/c1-9-4-3-5-10(6-9)16(2)13(18)11-7-15-12(17)8-14-11/h9-11,14H,3-8H2,1-2H3,(H,15,17). The molecule has 1 aliphatic heterocycles. The van der Waals surface area contributed by atoms with Crippen LogP contribution in [0.25, 0.3) is 0 Å². The van der Waals surface area contributed by atoms with Crippen LogP contribution < -0.4 is 10.6 Å². The normalized spacial score (nSPS) is 32.8. The molecule has 0 spiro atoms. The third kappa shape index (κ3) is 3.02. The number of carbonyl (C=O) groups is 2. The predicted molar refractivity (Wildman–Crippen MR) is 69.0 cm³/mol. The molecule has 2 aliphatic rings. The first-order valence-electron chi connectivity index (χ1n) is 6.84. The highest BCUT2D eigenvalue weighted by atomic mass is 16.2. The summed E-state index contributed by atoms with van der Waals surface area (Å²) < 4.78 is 0. The minimum atomic E-state index is -0.259. The highest BCUT2D eigenvalue weighted by Crippen LogP contribution is 2.26. The maximum atomic E-state index is 12.3. The Morgan fingerprint density at radius 2 is 2.17 bits per heavy atom. The predicted octanol–water partition coefficient (Wildman–Crippen LogP) is 0.112. The van der Waals surface area contributed by atoms with Crippen LogP contribution in [-0.4, -0.2) is 48.9 Å². The Labute approximate surface area is 108 Å². The van der Waals surface area contributed by atoms with E-state index >= 15 is 0 Å². The van der Waals surface area contributed by atoms with E-state index in [1.165, 1.54) is 12.8 Å². The van der Waals surface area contributed by atoms with E-state index in [0.29, 0.717) is 18.5 Å². The molecule has 3 atom stereocenters. The molecule has 1 saturated heterocycles. The summed E-state index contributed by atoms with van der Waals surface area (Å²) in [5.41, 5.74) is 0. The van der Waals surface area contributed by atoms with E-state index < -0.39 is 0 Å². The molecule has 0 aromatic heterocycles. The van der Waals surface area contributed by atoms with E-state index in [1.807, 2.05) is 11.9 Å². The van der Waals surface area contributed by atoms with E-state index in [-0.39, 0.29) is 24.4 Å². The van der Waals surface area contributed by atoms with Crippen LogP contribution in [0.4, 0.5) is 0 Å². The highest BCUT2D eigenvalue weighted by Gasteiger charge is 2.31. The van der Waals surface area contributed by atoms with Gasteiger partial charge in [-0.15, -0.1) is 0 Å². The van der Waals surface area contributed by atoms with Crippen molar-refractivity contribution < 1.29 is 9.59 Å².